The molecule has 2 rings (SSSR count). The molecule has 1 aromatic heterocycles. The number of aryl methyl sites for hydroxylation is 2. The van der Waals surface area contributed by atoms with Crippen molar-refractivity contribution in [2.24, 2.45) is 5.92 Å². The molecule has 1 aromatic rings. The van der Waals surface area contributed by atoms with E-state index in [4.69, 9.17) is 5.11 Å². The zero-order chi connectivity index (χ0) is 10.8. The molecule has 0 saturated carbocycles. The van der Waals surface area contributed by atoms with Crippen LogP contribution in [0.3, 0.4) is 0 Å². The molecule has 2 heterocycles. The number of piperidine rings is 1. The predicted molar refractivity (Wildman–Crippen MR) is 60.8 cm³/mol. The molecule has 0 radical (unpaired) electrons. The summed E-state index contributed by atoms with van der Waals surface area (Å²) in [6.45, 7) is 5.48. The third kappa shape index (κ3) is 2.24. The Morgan fingerprint density at radius 2 is 2.20 bits per heavy atom. The summed E-state index contributed by atoms with van der Waals surface area (Å²) < 4.78 is 0. The highest BCUT2D eigenvalue weighted by molar-refractivity contribution is 5.26. The maximum atomic E-state index is 9.06. The molecule has 1 saturated heterocycles. The monoisotopic (exact) mass is 208 g/mol. The van der Waals surface area contributed by atoms with Gasteiger partial charge in [-0.3, -0.25) is 0 Å². The second-order valence-electron chi connectivity index (χ2n) is 4.64. The minimum absolute atomic E-state index is 0.308. The fourth-order valence-electron chi connectivity index (χ4n) is 2.43. The van der Waals surface area contributed by atoms with E-state index in [9.17, 15) is 0 Å². The molecule has 1 fully saturated rings. The maximum Gasteiger partial charge on any atom is 0.0475 e. The van der Waals surface area contributed by atoms with Gasteiger partial charge < -0.3 is 15.4 Å². The van der Waals surface area contributed by atoms with Crippen LogP contribution < -0.4 is 5.32 Å². The number of aromatic nitrogens is 1. The first-order chi connectivity index (χ1) is 7.20. The molecule has 84 valence electrons. The van der Waals surface area contributed by atoms with Gasteiger partial charge in [-0.2, -0.15) is 0 Å². The van der Waals surface area contributed by atoms with E-state index in [1.165, 1.54) is 17.0 Å². The van der Waals surface area contributed by atoms with Gasteiger partial charge in [0.25, 0.3) is 0 Å². The number of rotatable bonds is 2. The topological polar surface area (TPSA) is 48.0 Å². The van der Waals surface area contributed by atoms with Crippen LogP contribution in [0, 0.1) is 19.8 Å². The van der Waals surface area contributed by atoms with Gasteiger partial charge in [-0.05, 0) is 44.2 Å². The Balaban J connectivity index is 2.04. The first-order valence-corrected chi connectivity index (χ1v) is 5.71. The Bertz CT molecular complexity index is 324. The van der Waals surface area contributed by atoms with Crippen LogP contribution >= 0.6 is 0 Å². The smallest absolute Gasteiger partial charge is 0.0475 e. The van der Waals surface area contributed by atoms with Gasteiger partial charge in [0.05, 0.1) is 0 Å². The van der Waals surface area contributed by atoms with Crippen LogP contribution in [0.15, 0.2) is 6.07 Å². The summed E-state index contributed by atoms with van der Waals surface area (Å²) in [6, 6.07) is 2.64. The Hall–Kier alpha value is -0.800. The zero-order valence-corrected chi connectivity index (χ0v) is 9.51. The molecule has 0 spiro atoms. The van der Waals surface area contributed by atoms with E-state index in [1.54, 1.807) is 0 Å². The molecule has 1 aliphatic heterocycles. The van der Waals surface area contributed by atoms with Gasteiger partial charge in [0.1, 0.15) is 0 Å². The molecule has 3 nitrogen and oxygen atoms in total. The van der Waals surface area contributed by atoms with Crippen LogP contribution in [-0.2, 0) is 0 Å². The van der Waals surface area contributed by atoms with Gasteiger partial charge in [0.2, 0.25) is 0 Å². The number of aliphatic hydroxyl groups is 1. The number of aliphatic hydroxyl groups excluding tert-OH is 1. The Labute approximate surface area is 90.9 Å². The fourth-order valence-corrected chi connectivity index (χ4v) is 2.43. The average Bonchev–Trinajstić information content (AvgIpc) is 2.58. The molecule has 0 amide bonds. The predicted octanol–water partition coefficient (Wildman–Crippen LogP) is 1.66. The summed E-state index contributed by atoms with van der Waals surface area (Å²) in [7, 11) is 0. The highest BCUT2D eigenvalue weighted by atomic mass is 16.3. The molecule has 2 unspecified atom stereocenters. The van der Waals surface area contributed by atoms with Crippen LogP contribution in [0.2, 0.25) is 0 Å². The van der Waals surface area contributed by atoms with Crippen molar-refractivity contribution in [2.45, 2.75) is 32.7 Å². The van der Waals surface area contributed by atoms with E-state index in [0.717, 1.165) is 19.4 Å². The van der Waals surface area contributed by atoms with E-state index < -0.39 is 0 Å². The molecule has 0 aromatic carbocycles. The number of hydrogen-bond acceptors (Lipinski definition) is 2. The minimum atomic E-state index is 0.308. The number of nitrogens with one attached hydrogen (secondary N) is 2. The lowest BCUT2D eigenvalue weighted by Gasteiger charge is -2.28. The van der Waals surface area contributed by atoms with Gasteiger partial charge in [0, 0.05) is 30.6 Å². The zero-order valence-electron chi connectivity index (χ0n) is 9.51. The first kappa shape index (κ1) is 10.7. The molecule has 0 bridgehead atoms. The molecule has 2 atom stereocenters. The summed E-state index contributed by atoms with van der Waals surface area (Å²) in [5.74, 6) is 0.442. The van der Waals surface area contributed by atoms with Gasteiger partial charge in [0.15, 0.2) is 0 Å². The lowest BCUT2D eigenvalue weighted by atomic mass is 9.93. The van der Waals surface area contributed by atoms with Gasteiger partial charge >= 0.3 is 0 Å². The van der Waals surface area contributed by atoms with E-state index in [0.29, 0.717) is 18.6 Å². The van der Waals surface area contributed by atoms with Crippen molar-refractivity contribution in [3.8, 4) is 0 Å². The van der Waals surface area contributed by atoms with Crippen LogP contribution in [0.4, 0.5) is 0 Å². The summed E-state index contributed by atoms with van der Waals surface area (Å²) >= 11 is 0. The maximum absolute atomic E-state index is 9.06. The molecule has 1 aliphatic rings. The van der Waals surface area contributed by atoms with Crippen molar-refractivity contribution in [1.29, 1.82) is 0 Å². The van der Waals surface area contributed by atoms with E-state index >= 15 is 0 Å². The third-order valence-corrected chi connectivity index (χ3v) is 3.31. The number of H-pyrrole nitrogens is 1. The minimum Gasteiger partial charge on any atom is -0.396 e. The quantitative estimate of drug-likeness (QED) is 0.692. The highest BCUT2D eigenvalue weighted by Crippen LogP contribution is 2.27. The molecule has 3 N–H and O–H groups in total. The Morgan fingerprint density at radius 3 is 2.67 bits per heavy atom. The average molecular weight is 208 g/mol. The van der Waals surface area contributed by atoms with Gasteiger partial charge in [-0.15, -0.1) is 0 Å². The summed E-state index contributed by atoms with van der Waals surface area (Å²) in [4.78, 5) is 3.42. The van der Waals surface area contributed by atoms with Crippen LogP contribution in [0.1, 0.15) is 35.8 Å². The largest absolute Gasteiger partial charge is 0.396 e. The second kappa shape index (κ2) is 4.37. The van der Waals surface area contributed by atoms with Crippen LogP contribution in [0.25, 0.3) is 0 Å². The van der Waals surface area contributed by atoms with Crippen molar-refractivity contribution in [3.63, 3.8) is 0 Å². The van der Waals surface area contributed by atoms with Crippen molar-refractivity contribution in [1.82, 2.24) is 10.3 Å². The highest BCUT2D eigenvalue weighted by Gasteiger charge is 2.23. The summed E-state index contributed by atoms with van der Waals surface area (Å²) in [6.07, 6.45) is 2.23. The van der Waals surface area contributed by atoms with E-state index in [-0.39, 0.29) is 0 Å². The molecule has 0 aliphatic carbocycles. The summed E-state index contributed by atoms with van der Waals surface area (Å²) in [5, 5.41) is 12.6. The van der Waals surface area contributed by atoms with Crippen molar-refractivity contribution in [3.05, 3.63) is 23.0 Å². The molecule has 3 heteroatoms. The molecular formula is C12H20N2O. The third-order valence-electron chi connectivity index (χ3n) is 3.31. The van der Waals surface area contributed by atoms with Crippen LogP contribution in [-0.4, -0.2) is 23.2 Å². The lowest BCUT2D eigenvalue weighted by molar-refractivity contribution is 0.183. The van der Waals surface area contributed by atoms with Crippen molar-refractivity contribution >= 4 is 0 Å². The standard InChI is InChI=1S/C12H20N2O/c1-8-5-9(2)14-12(8)11-4-3-10(7-15)6-13-11/h5,10-11,13-15H,3-4,6-7H2,1-2H3. The first-order valence-electron chi connectivity index (χ1n) is 5.71. The lowest BCUT2D eigenvalue weighted by Crippen LogP contribution is -2.35. The number of hydrogen-bond donors (Lipinski definition) is 3. The Morgan fingerprint density at radius 1 is 1.40 bits per heavy atom. The van der Waals surface area contributed by atoms with E-state index in [1.807, 2.05) is 0 Å². The Kier molecular flexibility index (Phi) is 3.12. The summed E-state index contributed by atoms with van der Waals surface area (Å²) in [5.41, 5.74) is 3.89. The van der Waals surface area contributed by atoms with Gasteiger partial charge in [-0.25, -0.2) is 0 Å². The van der Waals surface area contributed by atoms with E-state index in [2.05, 4.69) is 30.2 Å². The molecular weight excluding hydrogens is 188 g/mol. The number of aromatic amines is 1. The second-order valence-corrected chi connectivity index (χ2v) is 4.64. The van der Waals surface area contributed by atoms with Crippen molar-refractivity contribution < 1.29 is 5.11 Å². The van der Waals surface area contributed by atoms with Crippen LogP contribution in [0.5, 0.6) is 0 Å². The van der Waals surface area contributed by atoms with Crippen molar-refractivity contribution in [2.75, 3.05) is 13.2 Å². The fraction of sp³-hybridized carbons (Fsp3) is 0.667. The van der Waals surface area contributed by atoms with Gasteiger partial charge in [-0.1, -0.05) is 0 Å². The SMILES string of the molecule is Cc1cc(C)c(C2CCC(CO)CN2)[nH]1. The molecule has 15 heavy (non-hydrogen) atoms. The normalized spacial score (nSPS) is 26.9.